The topological polar surface area (TPSA) is 66.0 Å². The van der Waals surface area contributed by atoms with Gasteiger partial charge >= 0.3 is 0 Å². The molecule has 0 aliphatic carbocycles. The number of aryl methyl sites for hydroxylation is 1. The Morgan fingerprint density at radius 2 is 2.44 bits per heavy atom. The zero-order chi connectivity index (χ0) is 11.5. The lowest BCUT2D eigenvalue weighted by Crippen LogP contribution is -2.15. The average molecular weight is 238 g/mol. The molecule has 0 aliphatic rings. The summed E-state index contributed by atoms with van der Waals surface area (Å²) in [5.41, 5.74) is 6.13. The fourth-order valence-corrected chi connectivity index (χ4v) is 2.41. The van der Waals surface area contributed by atoms with Crippen LogP contribution in [0.5, 0.6) is 5.75 Å². The zero-order valence-corrected chi connectivity index (χ0v) is 10.1. The minimum absolute atomic E-state index is 0.0992. The fourth-order valence-electron chi connectivity index (χ4n) is 1.54. The summed E-state index contributed by atoms with van der Waals surface area (Å²) in [6.45, 7) is 0. The maximum Gasteiger partial charge on any atom is 0.138 e. The molecule has 2 aromatic rings. The monoisotopic (exact) mass is 238 g/mol. The molecule has 2 aromatic heterocycles. The number of nitrogens with zero attached hydrogens (tertiary/aromatic N) is 3. The molecule has 0 amide bonds. The molecule has 1 atom stereocenters. The van der Waals surface area contributed by atoms with Gasteiger partial charge in [-0.25, -0.2) is 4.98 Å². The Kier molecular flexibility index (Phi) is 3.21. The predicted molar refractivity (Wildman–Crippen MR) is 62.5 cm³/mol. The molecule has 6 heteroatoms. The van der Waals surface area contributed by atoms with Crippen molar-refractivity contribution in [2.24, 2.45) is 12.8 Å². The van der Waals surface area contributed by atoms with E-state index in [2.05, 4.69) is 10.1 Å². The van der Waals surface area contributed by atoms with Crippen LogP contribution in [0.15, 0.2) is 17.8 Å². The van der Waals surface area contributed by atoms with Gasteiger partial charge in [-0.05, 0) is 11.4 Å². The summed E-state index contributed by atoms with van der Waals surface area (Å²) in [6.07, 6.45) is 2.20. The van der Waals surface area contributed by atoms with Gasteiger partial charge < -0.3 is 10.5 Å². The van der Waals surface area contributed by atoms with Gasteiger partial charge in [-0.2, -0.15) is 5.10 Å². The molecule has 2 rings (SSSR count). The van der Waals surface area contributed by atoms with Crippen molar-refractivity contribution in [3.63, 3.8) is 0 Å². The van der Waals surface area contributed by atoms with E-state index in [1.807, 2.05) is 18.5 Å². The highest BCUT2D eigenvalue weighted by atomic mass is 32.1. The van der Waals surface area contributed by atoms with Gasteiger partial charge in [0, 0.05) is 19.5 Å². The number of hydrogen-bond donors (Lipinski definition) is 1. The van der Waals surface area contributed by atoms with Crippen LogP contribution in [0.3, 0.4) is 0 Å². The second kappa shape index (κ2) is 4.63. The average Bonchev–Trinajstić information content (AvgIpc) is 2.87. The van der Waals surface area contributed by atoms with Crippen LogP contribution in [0.25, 0.3) is 0 Å². The van der Waals surface area contributed by atoms with Crippen molar-refractivity contribution in [3.8, 4) is 5.75 Å². The Bertz CT molecular complexity index is 465. The van der Waals surface area contributed by atoms with Crippen molar-refractivity contribution >= 4 is 11.3 Å². The van der Waals surface area contributed by atoms with E-state index in [-0.39, 0.29) is 6.04 Å². The summed E-state index contributed by atoms with van der Waals surface area (Å²) < 4.78 is 6.98. The fraction of sp³-hybridized carbons (Fsp3) is 0.400. The highest BCUT2D eigenvalue weighted by molar-refractivity contribution is 7.10. The SMILES string of the molecule is COc1ccsc1C(N)Cc1ncnn1C. The van der Waals surface area contributed by atoms with Crippen LogP contribution in [0.2, 0.25) is 0 Å². The van der Waals surface area contributed by atoms with Crippen molar-refractivity contribution in [2.45, 2.75) is 12.5 Å². The maximum atomic E-state index is 6.13. The van der Waals surface area contributed by atoms with Crippen LogP contribution in [0, 0.1) is 0 Å². The number of thiophene rings is 1. The molecule has 0 aliphatic heterocycles. The quantitative estimate of drug-likeness (QED) is 0.867. The highest BCUT2D eigenvalue weighted by Crippen LogP contribution is 2.30. The maximum absolute atomic E-state index is 6.13. The van der Waals surface area contributed by atoms with Crippen LogP contribution in [-0.4, -0.2) is 21.9 Å². The Labute approximate surface area is 97.9 Å². The lowest BCUT2D eigenvalue weighted by atomic mass is 10.1. The van der Waals surface area contributed by atoms with Crippen LogP contribution in [0.4, 0.5) is 0 Å². The molecule has 1 unspecified atom stereocenters. The molecule has 0 aromatic carbocycles. The third-order valence-electron chi connectivity index (χ3n) is 2.42. The van der Waals surface area contributed by atoms with Crippen molar-refractivity contribution in [1.29, 1.82) is 0 Å². The van der Waals surface area contributed by atoms with E-state index in [1.165, 1.54) is 6.33 Å². The summed E-state index contributed by atoms with van der Waals surface area (Å²) in [5, 5.41) is 5.99. The lowest BCUT2D eigenvalue weighted by molar-refractivity contribution is 0.408. The van der Waals surface area contributed by atoms with E-state index in [4.69, 9.17) is 10.5 Å². The number of hydrogen-bond acceptors (Lipinski definition) is 5. The van der Waals surface area contributed by atoms with Gasteiger partial charge in [0.15, 0.2) is 0 Å². The van der Waals surface area contributed by atoms with E-state index in [0.29, 0.717) is 6.42 Å². The zero-order valence-electron chi connectivity index (χ0n) is 9.25. The molecular formula is C10H14N4OS. The van der Waals surface area contributed by atoms with Gasteiger partial charge in [0.1, 0.15) is 17.9 Å². The minimum Gasteiger partial charge on any atom is -0.496 e. The van der Waals surface area contributed by atoms with Gasteiger partial charge in [0.25, 0.3) is 0 Å². The van der Waals surface area contributed by atoms with Crippen LogP contribution >= 0.6 is 11.3 Å². The normalized spacial score (nSPS) is 12.7. The molecule has 5 nitrogen and oxygen atoms in total. The summed E-state index contributed by atoms with van der Waals surface area (Å²) in [7, 11) is 3.52. The highest BCUT2D eigenvalue weighted by Gasteiger charge is 2.16. The molecule has 0 fully saturated rings. The van der Waals surface area contributed by atoms with Crippen molar-refractivity contribution < 1.29 is 4.74 Å². The summed E-state index contributed by atoms with van der Waals surface area (Å²) in [4.78, 5) is 5.20. The molecule has 2 N–H and O–H groups in total. The largest absolute Gasteiger partial charge is 0.496 e. The van der Waals surface area contributed by atoms with E-state index in [9.17, 15) is 0 Å². The number of rotatable bonds is 4. The number of nitrogens with two attached hydrogens (primary N) is 1. The van der Waals surface area contributed by atoms with E-state index >= 15 is 0 Å². The van der Waals surface area contributed by atoms with E-state index in [0.717, 1.165) is 16.5 Å². The van der Waals surface area contributed by atoms with Crippen LogP contribution in [-0.2, 0) is 13.5 Å². The van der Waals surface area contributed by atoms with Gasteiger partial charge in [-0.3, -0.25) is 4.68 Å². The third-order valence-corrected chi connectivity index (χ3v) is 3.45. The lowest BCUT2D eigenvalue weighted by Gasteiger charge is -2.10. The molecule has 0 saturated carbocycles. The first-order chi connectivity index (χ1) is 7.72. The molecule has 0 bridgehead atoms. The van der Waals surface area contributed by atoms with Gasteiger partial charge in [0.2, 0.25) is 0 Å². The van der Waals surface area contributed by atoms with Crippen LogP contribution < -0.4 is 10.5 Å². The molecule has 0 radical (unpaired) electrons. The summed E-state index contributed by atoms with van der Waals surface area (Å²) in [5.74, 6) is 1.72. The third kappa shape index (κ3) is 2.07. The van der Waals surface area contributed by atoms with Crippen LogP contribution in [0.1, 0.15) is 16.7 Å². The predicted octanol–water partition coefficient (Wildman–Crippen LogP) is 1.13. The molecule has 0 saturated heterocycles. The minimum atomic E-state index is -0.0992. The Balaban J connectivity index is 2.14. The number of ether oxygens (including phenoxy) is 1. The van der Waals surface area contributed by atoms with E-state index in [1.54, 1.807) is 23.1 Å². The van der Waals surface area contributed by atoms with Gasteiger partial charge in [0.05, 0.1) is 12.0 Å². The second-order valence-corrected chi connectivity index (χ2v) is 4.41. The van der Waals surface area contributed by atoms with Crippen molar-refractivity contribution in [1.82, 2.24) is 14.8 Å². The van der Waals surface area contributed by atoms with Gasteiger partial charge in [-0.15, -0.1) is 11.3 Å². The van der Waals surface area contributed by atoms with Crippen molar-refractivity contribution in [3.05, 3.63) is 28.5 Å². The molecule has 2 heterocycles. The molecule has 86 valence electrons. The Morgan fingerprint density at radius 3 is 3.06 bits per heavy atom. The van der Waals surface area contributed by atoms with E-state index < -0.39 is 0 Å². The Morgan fingerprint density at radius 1 is 1.62 bits per heavy atom. The smallest absolute Gasteiger partial charge is 0.138 e. The van der Waals surface area contributed by atoms with Crippen molar-refractivity contribution in [2.75, 3.05) is 7.11 Å². The van der Waals surface area contributed by atoms with Gasteiger partial charge in [-0.1, -0.05) is 0 Å². The number of methoxy groups -OCH3 is 1. The molecule has 16 heavy (non-hydrogen) atoms. The first-order valence-electron chi connectivity index (χ1n) is 4.92. The Hall–Kier alpha value is -1.40. The first kappa shape index (κ1) is 11.1. The standard InChI is InChI=1S/C10H14N4OS/c1-14-9(12-6-13-14)5-7(11)10-8(15-2)3-4-16-10/h3-4,6-7H,5,11H2,1-2H3. The second-order valence-electron chi connectivity index (χ2n) is 3.46. The molecule has 0 spiro atoms. The first-order valence-corrected chi connectivity index (χ1v) is 5.80. The summed E-state index contributed by atoms with van der Waals surface area (Å²) >= 11 is 1.60. The molecular weight excluding hydrogens is 224 g/mol. The summed E-state index contributed by atoms with van der Waals surface area (Å²) in [6, 6.07) is 1.83. The number of aromatic nitrogens is 3.